The van der Waals surface area contributed by atoms with Crippen LogP contribution in [0.2, 0.25) is 5.02 Å². The van der Waals surface area contributed by atoms with Gasteiger partial charge >= 0.3 is 0 Å². The number of nitrogens with two attached hydrogens (primary N) is 2. The van der Waals surface area contributed by atoms with Crippen LogP contribution >= 0.6 is 11.6 Å². The van der Waals surface area contributed by atoms with Gasteiger partial charge in [0, 0.05) is 12.0 Å². The highest BCUT2D eigenvalue weighted by Crippen LogP contribution is 2.26. The Labute approximate surface area is 155 Å². The van der Waals surface area contributed by atoms with Crippen molar-refractivity contribution in [1.29, 1.82) is 0 Å². The van der Waals surface area contributed by atoms with Crippen LogP contribution in [0.1, 0.15) is 29.4 Å². The smallest absolute Gasteiger partial charge is 0.274 e. The van der Waals surface area contributed by atoms with Crippen molar-refractivity contribution in [3.63, 3.8) is 0 Å². The summed E-state index contributed by atoms with van der Waals surface area (Å²) in [5, 5.41) is 9.02. The van der Waals surface area contributed by atoms with Crippen LogP contribution in [0.15, 0.2) is 18.2 Å². The fraction of sp³-hybridized carbons (Fsp3) is 0.312. The number of aromatic nitrogens is 2. The van der Waals surface area contributed by atoms with Gasteiger partial charge in [-0.25, -0.2) is 10.5 Å². The molecule has 26 heavy (non-hydrogen) atoms. The topological polar surface area (TPSA) is 146 Å². The van der Waals surface area contributed by atoms with Gasteiger partial charge in [0.2, 0.25) is 5.95 Å². The number of hydroxylamine groups is 1. The Morgan fingerprint density at radius 2 is 2.00 bits per heavy atom. The van der Waals surface area contributed by atoms with E-state index in [1.807, 2.05) is 6.92 Å². The summed E-state index contributed by atoms with van der Waals surface area (Å²) in [6.45, 7) is 2.52. The predicted octanol–water partition coefficient (Wildman–Crippen LogP) is 1.82. The molecule has 0 unspecified atom stereocenters. The van der Waals surface area contributed by atoms with Crippen LogP contribution < -0.4 is 26.4 Å². The molecule has 1 aromatic heterocycles. The zero-order chi connectivity index (χ0) is 19.1. The highest BCUT2D eigenvalue weighted by atomic mass is 35.5. The third-order valence-electron chi connectivity index (χ3n) is 3.40. The molecule has 0 aliphatic carbocycles. The number of carbonyl (C=O) groups excluding carboxylic acids is 1. The Bertz CT molecular complexity index is 787. The lowest BCUT2D eigenvalue weighted by Crippen LogP contribution is -2.18. The largest absolute Gasteiger partial charge is 0.492 e. The van der Waals surface area contributed by atoms with Gasteiger partial charge in [0.15, 0.2) is 11.6 Å². The lowest BCUT2D eigenvalue weighted by molar-refractivity contribution is 0.0706. The van der Waals surface area contributed by atoms with E-state index in [0.717, 1.165) is 0 Å². The lowest BCUT2D eigenvalue weighted by Gasteiger charge is -2.13. The molecule has 0 bridgehead atoms. The number of hydrogen-bond donors (Lipinski definition) is 4. The molecule has 0 saturated heterocycles. The first-order valence-corrected chi connectivity index (χ1v) is 8.25. The number of anilines is 2. The van der Waals surface area contributed by atoms with Crippen LogP contribution in [0, 0.1) is 0 Å². The van der Waals surface area contributed by atoms with Crippen molar-refractivity contribution in [3.8, 4) is 11.5 Å². The average molecular weight is 382 g/mol. The van der Waals surface area contributed by atoms with Gasteiger partial charge in [0.05, 0.1) is 23.9 Å². The van der Waals surface area contributed by atoms with Gasteiger partial charge in [-0.05, 0) is 24.6 Å². The summed E-state index contributed by atoms with van der Waals surface area (Å²) in [4.78, 5) is 19.4. The molecule has 6 N–H and O–H groups in total. The summed E-state index contributed by atoms with van der Waals surface area (Å²) in [5.74, 6) is 0.400. The third kappa shape index (κ3) is 4.87. The fourth-order valence-corrected chi connectivity index (χ4v) is 2.34. The number of benzene rings is 1. The summed E-state index contributed by atoms with van der Waals surface area (Å²) in [6.07, 6.45) is 1.14. The Morgan fingerprint density at radius 1 is 1.27 bits per heavy atom. The molecule has 2 aromatic rings. The molecule has 140 valence electrons. The molecular weight excluding hydrogens is 362 g/mol. The molecule has 1 aromatic carbocycles. The first kappa shape index (κ1) is 19.5. The van der Waals surface area contributed by atoms with E-state index in [0.29, 0.717) is 48.3 Å². The Kier molecular flexibility index (Phi) is 6.81. The SMILES string of the molecule is CCc1nc(N)nc(N)c1OCCCOc1cc(C(=O)NO)ccc1Cl. The van der Waals surface area contributed by atoms with Crippen LogP contribution in [-0.2, 0) is 6.42 Å². The number of amides is 1. The first-order valence-electron chi connectivity index (χ1n) is 7.87. The highest BCUT2D eigenvalue weighted by molar-refractivity contribution is 6.32. The fourth-order valence-electron chi connectivity index (χ4n) is 2.17. The van der Waals surface area contributed by atoms with Crippen LogP contribution in [0.25, 0.3) is 0 Å². The van der Waals surface area contributed by atoms with Gasteiger partial charge in [-0.15, -0.1) is 0 Å². The van der Waals surface area contributed by atoms with Gasteiger partial charge in [-0.3, -0.25) is 10.0 Å². The number of carbonyl (C=O) groups is 1. The van der Waals surface area contributed by atoms with E-state index >= 15 is 0 Å². The molecular formula is C16H20ClN5O4. The third-order valence-corrected chi connectivity index (χ3v) is 3.71. The number of hydrogen-bond acceptors (Lipinski definition) is 8. The monoisotopic (exact) mass is 381 g/mol. The number of nitrogens with one attached hydrogen (secondary N) is 1. The van der Waals surface area contributed by atoms with Gasteiger partial charge in [-0.2, -0.15) is 4.98 Å². The van der Waals surface area contributed by atoms with E-state index in [9.17, 15) is 4.79 Å². The molecule has 9 nitrogen and oxygen atoms in total. The van der Waals surface area contributed by atoms with E-state index in [2.05, 4.69) is 9.97 Å². The predicted molar refractivity (Wildman–Crippen MR) is 96.5 cm³/mol. The number of aryl methyl sites for hydroxylation is 1. The summed E-state index contributed by atoms with van der Waals surface area (Å²) in [6, 6.07) is 4.42. The van der Waals surface area contributed by atoms with Gasteiger partial charge in [-0.1, -0.05) is 18.5 Å². The maximum atomic E-state index is 11.4. The first-order chi connectivity index (χ1) is 12.5. The van der Waals surface area contributed by atoms with Crippen LogP contribution in [0.4, 0.5) is 11.8 Å². The van der Waals surface area contributed by atoms with Gasteiger partial charge < -0.3 is 20.9 Å². The molecule has 0 spiro atoms. The van der Waals surface area contributed by atoms with E-state index in [-0.39, 0.29) is 17.3 Å². The van der Waals surface area contributed by atoms with E-state index in [4.69, 9.17) is 37.7 Å². The number of ether oxygens (including phenoxy) is 2. The van der Waals surface area contributed by atoms with Crippen molar-refractivity contribution < 1.29 is 19.5 Å². The van der Waals surface area contributed by atoms with Crippen LogP contribution in [0.3, 0.4) is 0 Å². The number of nitrogens with zero attached hydrogens (tertiary/aromatic N) is 2. The number of nitrogen functional groups attached to an aromatic ring is 2. The van der Waals surface area contributed by atoms with Crippen molar-refractivity contribution in [2.75, 3.05) is 24.7 Å². The van der Waals surface area contributed by atoms with Crippen molar-refractivity contribution >= 4 is 29.3 Å². The second-order valence-corrected chi connectivity index (χ2v) is 5.64. The molecule has 0 saturated carbocycles. The molecule has 0 atom stereocenters. The van der Waals surface area contributed by atoms with Gasteiger partial charge in [0.1, 0.15) is 5.75 Å². The maximum Gasteiger partial charge on any atom is 0.274 e. The summed E-state index contributed by atoms with van der Waals surface area (Å²) in [7, 11) is 0. The second kappa shape index (κ2) is 9.07. The average Bonchev–Trinajstić information content (AvgIpc) is 2.63. The van der Waals surface area contributed by atoms with Gasteiger partial charge in [0.25, 0.3) is 5.91 Å². The molecule has 0 fully saturated rings. The van der Waals surface area contributed by atoms with Crippen molar-refractivity contribution in [3.05, 3.63) is 34.5 Å². The minimum atomic E-state index is -0.652. The molecule has 1 amide bonds. The minimum Gasteiger partial charge on any atom is -0.492 e. The van der Waals surface area contributed by atoms with E-state index < -0.39 is 5.91 Å². The summed E-state index contributed by atoms with van der Waals surface area (Å²) < 4.78 is 11.2. The van der Waals surface area contributed by atoms with Crippen molar-refractivity contribution in [1.82, 2.24) is 15.4 Å². The molecule has 1 heterocycles. The Morgan fingerprint density at radius 3 is 2.69 bits per heavy atom. The Balaban J connectivity index is 1.89. The van der Waals surface area contributed by atoms with Crippen LogP contribution in [0.5, 0.6) is 11.5 Å². The quantitative estimate of drug-likeness (QED) is 0.307. The molecule has 0 radical (unpaired) electrons. The molecule has 0 aliphatic rings. The Hall–Kier alpha value is -2.78. The summed E-state index contributed by atoms with van der Waals surface area (Å²) >= 11 is 6.03. The standard InChI is InChI=1S/C16H20ClN5O4/c1-2-11-13(14(18)21-16(19)20-11)26-7-3-6-25-12-8-9(15(23)22-24)4-5-10(12)17/h4-5,8,24H,2-3,6-7H2,1H3,(H,22,23)(H4,18,19,20,21). The lowest BCUT2D eigenvalue weighted by atomic mass is 10.2. The van der Waals surface area contributed by atoms with E-state index in [1.54, 1.807) is 5.48 Å². The molecule has 0 aliphatic heterocycles. The minimum absolute atomic E-state index is 0.108. The zero-order valence-electron chi connectivity index (χ0n) is 14.2. The van der Waals surface area contributed by atoms with Crippen molar-refractivity contribution in [2.24, 2.45) is 0 Å². The number of rotatable bonds is 8. The summed E-state index contributed by atoms with van der Waals surface area (Å²) in [5.41, 5.74) is 13.8. The second-order valence-electron chi connectivity index (χ2n) is 5.23. The molecule has 10 heteroatoms. The maximum absolute atomic E-state index is 11.4. The highest BCUT2D eigenvalue weighted by Gasteiger charge is 2.12. The molecule has 2 rings (SSSR count). The van der Waals surface area contributed by atoms with Crippen LogP contribution in [-0.4, -0.2) is 34.3 Å². The van der Waals surface area contributed by atoms with Crippen molar-refractivity contribution in [2.45, 2.75) is 19.8 Å². The number of halogens is 1. The normalized spacial score (nSPS) is 10.4. The zero-order valence-corrected chi connectivity index (χ0v) is 14.9. The van der Waals surface area contributed by atoms with E-state index in [1.165, 1.54) is 18.2 Å².